The van der Waals surface area contributed by atoms with E-state index in [4.69, 9.17) is 4.42 Å². The molecule has 1 heterocycles. The monoisotopic (exact) mass is 197 g/mol. The van der Waals surface area contributed by atoms with Gasteiger partial charge in [-0.05, 0) is 25.6 Å². The van der Waals surface area contributed by atoms with Gasteiger partial charge in [0.05, 0.1) is 13.2 Å². The first-order chi connectivity index (χ1) is 6.72. The van der Waals surface area contributed by atoms with Crippen LogP contribution in [0.15, 0.2) is 16.5 Å². The van der Waals surface area contributed by atoms with Crippen LogP contribution in [0.1, 0.15) is 35.7 Å². The maximum Gasteiger partial charge on any atom is 0.373 e. The van der Waals surface area contributed by atoms with Gasteiger partial charge in [-0.25, -0.2) is 4.79 Å². The number of hydrogen-bond acceptors (Lipinski definition) is 4. The number of methoxy groups -OCH3 is 1. The molecule has 0 aliphatic rings. The highest BCUT2D eigenvalue weighted by Gasteiger charge is 2.15. The smallest absolute Gasteiger partial charge is 0.373 e. The molecule has 4 nitrogen and oxygen atoms in total. The van der Waals surface area contributed by atoms with Crippen LogP contribution in [0, 0.1) is 0 Å². The van der Waals surface area contributed by atoms with Gasteiger partial charge in [0, 0.05) is 0 Å². The third-order valence-electron chi connectivity index (χ3n) is 2.11. The van der Waals surface area contributed by atoms with E-state index < -0.39 is 5.97 Å². The van der Waals surface area contributed by atoms with Crippen LogP contribution >= 0.6 is 0 Å². The molecule has 0 amide bonds. The van der Waals surface area contributed by atoms with Crippen molar-refractivity contribution in [3.8, 4) is 0 Å². The van der Waals surface area contributed by atoms with Gasteiger partial charge in [0.2, 0.25) is 5.76 Å². The van der Waals surface area contributed by atoms with Crippen LogP contribution in [-0.4, -0.2) is 20.1 Å². The van der Waals surface area contributed by atoms with Crippen molar-refractivity contribution in [2.45, 2.75) is 19.4 Å². The van der Waals surface area contributed by atoms with Crippen LogP contribution < -0.4 is 5.32 Å². The summed E-state index contributed by atoms with van der Waals surface area (Å²) in [5.74, 6) is 0.564. The fourth-order valence-corrected chi connectivity index (χ4v) is 1.30. The largest absolute Gasteiger partial charge is 0.463 e. The first kappa shape index (κ1) is 10.8. The zero-order valence-electron chi connectivity index (χ0n) is 8.66. The molecule has 0 aliphatic carbocycles. The summed E-state index contributed by atoms with van der Waals surface area (Å²) in [6, 6.07) is 3.56. The second-order valence-electron chi connectivity index (χ2n) is 2.94. The van der Waals surface area contributed by atoms with E-state index in [0.29, 0.717) is 0 Å². The normalized spacial score (nSPS) is 12.5. The lowest BCUT2D eigenvalue weighted by atomic mass is 10.2. The Bertz CT molecular complexity index is 302. The SMILES string of the molecule is CCC(NC)c1ccc(C(=O)OC)o1. The summed E-state index contributed by atoms with van der Waals surface area (Å²) < 4.78 is 9.89. The van der Waals surface area contributed by atoms with Gasteiger partial charge in [0.15, 0.2) is 0 Å². The zero-order valence-corrected chi connectivity index (χ0v) is 8.66. The Labute approximate surface area is 83.2 Å². The van der Waals surface area contributed by atoms with Gasteiger partial charge >= 0.3 is 5.97 Å². The summed E-state index contributed by atoms with van der Waals surface area (Å²) in [6.45, 7) is 2.04. The maximum absolute atomic E-state index is 11.1. The molecule has 1 unspecified atom stereocenters. The lowest BCUT2D eigenvalue weighted by molar-refractivity contribution is 0.0562. The quantitative estimate of drug-likeness (QED) is 0.747. The molecule has 78 valence electrons. The highest BCUT2D eigenvalue weighted by molar-refractivity contribution is 5.86. The van der Waals surface area contributed by atoms with Gasteiger partial charge in [-0.1, -0.05) is 6.92 Å². The molecule has 1 atom stereocenters. The van der Waals surface area contributed by atoms with Gasteiger partial charge in [0.1, 0.15) is 5.76 Å². The molecule has 1 aromatic heterocycles. The molecule has 1 aromatic rings. The second-order valence-corrected chi connectivity index (χ2v) is 2.94. The minimum absolute atomic E-state index is 0.147. The average molecular weight is 197 g/mol. The van der Waals surface area contributed by atoms with E-state index in [1.807, 2.05) is 14.0 Å². The predicted octanol–water partition coefficient (Wildman–Crippen LogP) is 1.74. The lowest BCUT2D eigenvalue weighted by Crippen LogP contribution is -2.14. The van der Waals surface area contributed by atoms with Gasteiger partial charge in [0.25, 0.3) is 0 Å². The molecule has 0 fully saturated rings. The Kier molecular flexibility index (Phi) is 3.71. The molecule has 0 radical (unpaired) electrons. The molecule has 0 spiro atoms. The standard InChI is InChI=1S/C10H15NO3/c1-4-7(11-2)8-5-6-9(14-8)10(12)13-3/h5-7,11H,4H2,1-3H3. The molecule has 0 saturated carbocycles. The summed E-state index contributed by atoms with van der Waals surface area (Å²) in [6.07, 6.45) is 0.907. The van der Waals surface area contributed by atoms with Crippen molar-refractivity contribution in [2.75, 3.05) is 14.2 Å². The summed E-state index contributed by atoms with van der Waals surface area (Å²) >= 11 is 0. The Balaban J connectivity index is 2.81. The molecule has 4 heteroatoms. The Morgan fingerprint density at radius 2 is 2.36 bits per heavy atom. The van der Waals surface area contributed by atoms with E-state index in [-0.39, 0.29) is 11.8 Å². The molecule has 1 N–H and O–H groups in total. The maximum atomic E-state index is 11.1. The van der Waals surface area contributed by atoms with Crippen molar-refractivity contribution in [3.63, 3.8) is 0 Å². The number of carbonyl (C=O) groups is 1. The number of carbonyl (C=O) groups excluding carboxylic acids is 1. The number of rotatable bonds is 4. The number of nitrogens with one attached hydrogen (secondary N) is 1. The number of ether oxygens (including phenoxy) is 1. The van der Waals surface area contributed by atoms with Crippen molar-refractivity contribution in [1.29, 1.82) is 0 Å². The third-order valence-corrected chi connectivity index (χ3v) is 2.11. The molecule has 14 heavy (non-hydrogen) atoms. The number of furan rings is 1. The van der Waals surface area contributed by atoms with E-state index in [0.717, 1.165) is 12.2 Å². The van der Waals surface area contributed by atoms with E-state index in [9.17, 15) is 4.79 Å². The van der Waals surface area contributed by atoms with Crippen LogP contribution in [0.5, 0.6) is 0 Å². The van der Waals surface area contributed by atoms with Gasteiger partial charge < -0.3 is 14.5 Å². The molecule has 0 bridgehead atoms. The van der Waals surface area contributed by atoms with Gasteiger partial charge in [-0.2, -0.15) is 0 Å². The Hall–Kier alpha value is -1.29. The van der Waals surface area contributed by atoms with Crippen LogP contribution in [0.25, 0.3) is 0 Å². The predicted molar refractivity (Wildman–Crippen MR) is 52.1 cm³/mol. The van der Waals surface area contributed by atoms with Crippen molar-refractivity contribution >= 4 is 5.97 Å². The number of hydrogen-bond donors (Lipinski definition) is 1. The molecule has 0 aliphatic heterocycles. The number of esters is 1. The summed E-state index contributed by atoms with van der Waals surface area (Å²) in [7, 11) is 3.19. The van der Waals surface area contributed by atoms with Gasteiger partial charge in [-0.3, -0.25) is 0 Å². The fraction of sp³-hybridized carbons (Fsp3) is 0.500. The lowest BCUT2D eigenvalue weighted by Gasteiger charge is -2.09. The van der Waals surface area contributed by atoms with Crippen molar-refractivity contribution in [3.05, 3.63) is 23.7 Å². The van der Waals surface area contributed by atoms with Crippen LogP contribution in [-0.2, 0) is 4.74 Å². The van der Waals surface area contributed by atoms with Gasteiger partial charge in [-0.15, -0.1) is 0 Å². The third kappa shape index (κ3) is 2.14. The summed E-state index contributed by atoms with van der Waals surface area (Å²) in [5, 5.41) is 3.09. The molecule has 0 aromatic carbocycles. The first-order valence-electron chi connectivity index (χ1n) is 4.58. The molecular weight excluding hydrogens is 182 g/mol. The summed E-state index contributed by atoms with van der Waals surface area (Å²) in [4.78, 5) is 11.1. The Morgan fingerprint density at radius 1 is 1.64 bits per heavy atom. The van der Waals surface area contributed by atoms with Crippen molar-refractivity contribution in [1.82, 2.24) is 5.32 Å². The van der Waals surface area contributed by atoms with E-state index in [1.165, 1.54) is 7.11 Å². The van der Waals surface area contributed by atoms with E-state index >= 15 is 0 Å². The Morgan fingerprint density at radius 3 is 2.86 bits per heavy atom. The molecule has 1 rings (SSSR count). The van der Waals surface area contributed by atoms with Crippen molar-refractivity contribution < 1.29 is 13.9 Å². The van der Waals surface area contributed by atoms with Crippen LogP contribution in [0.4, 0.5) is 0 Å². The van der Waals surface area contributed by atoms with Crippen LogP contribution in [0.2, 0.25) is 0 Å². The fourth-order valence-electron chi connectivity index (χ4n) is 1.30. The minimum Gasteiger partial charge on any atom is -0.463 e. The highest BCUT2D eigenvalue weighted by Crippen LogP contribution is 2.19. The van der Waals surface area contributed by atoms with Crippen molar-refractivity contribution in [2.24, 2.45) is 0 Å². The zero-order chi connectivity index (χ0) is 10.6. The summed E-state index contributed by atoms with van der Waals surface area (Å²) in [5.41, 5.74) is 0. The molecule has 0 saturated heterocycles. The highest BCUT2D eigenvalue weighted by atomic mass is 16.5. The van der Waals surface area contributed by atoms with Crippen LogP contribution in [0.3, 0.4) is 0 Å². The topological polar surface area (TPSA) is 51.5 Å². The van der Waals surface area contributed by atoms with E-state index in [1.54, 1.807) is 12.1 Å². The van der Waals surface area contributed by atoms with E-state index in [2.05, 4.69) is 10.1 Å². The average Bonchev–Trinajstić information content (AvgIpc) is 2.68. The second kappa shape index (κ2) is 4.81. The first-order valence-corrected chi connectivity index (χ1v) is 4.58. The molecular formula is C10H15NO3. The minimum atomic E-state index is -0.442.